The monoisotopic (exact) mass is 258 g/mol. The number of unbranched alkanes of at least 4 members (excludes halogenated alkanes) is 2. The van der Waals surface area contributed by atoms with Gasteiger partial charge >= 0.3 is 5.97 Å². The Hall–Kier alpha value is -2.21. The molecule has 3 nitrogen and oxygen atoms in total. The third-order valence-corrected chi connectivity index (χ3v) is 2.62. The van der Waals surface area contributed by atoms with E-state index in [1.807, 2.05) is 6.08 Å². The zero-order valence-electron chi connectivity index (χ0n) is 11.1. The highest BCUT2D eigenvalue weighted by Crippen LogP contribution is 2.20. The summed E-state index contributed by atoms with van der Waals surface area (Å²) in [6.45, 7) is 4.23. The number of carbonyl (C=O) groups excluding carboxylic acids is 1. The molecule has 0 N–H and O–H groups in total. The molecule has 19 heavy (non-hydrogen) atoms. The fourth-order valence-corrected chi connectivity index (χ4v) is 1.58. The number of benzene rings is 1. The van der Waals surface area contributed by atoms with Crippen molar-refractivity contribution in [2.75, 3.05) is 13.7 Å². The minimum Gasteiger partial charge on any atom is -0.492 e. The van der Waals surface area contributed by atoms with Gasteiger partial charge in [0.2, 0.25) is 0 Å². The summed E-state index contributed by atoms with van der Waals surface area (Å²) in [6.07, 6.45) is 10.2. The van der Waals surface area contributed by atoms with E-state index in [4.69, 9.17) is 11.2 Å². The Kier molecular flexibility index (Phi) is 6.25. The maximum atomic E-state index is 11.4. The second-order valence-electron chi connectivity index (χ2n) is 3.98. The highest BCUT2D eigenvalue weighted by Gasteiger charge is 2.09. The highest BCUT2D eigenvalue weighted by molar-refractivity contribution is 5.90. The number of carbonyl (C=O) groups is 1. The maximum absolute atomic E-state index is 11.4. The highest BCUT2D eigenvalue weighted by atomic mass is 16.5. The van der Waals surface area contributed by atoms with E-state index in [0.717, 1.165) is 19.3 Å². The predicted octanol–water partition coefficient (Wildman–Crippen LogP) is 3.19. The molecule has 0 spiro atoms. The average Bonchev–Trinajstić information content (AvgIpc) is 2.46. The molecule has 3 heteroatoms. The summed E-state index contributed by atoms with van der Waals surface area (Å²) in [7, 11) is 1.34. The summed E-state index contributed by atoms with van der Waals surface area (Å²) in [5.74, 6) is 2.68. The third-order valence-electron chi connectivity index (χ3n) is 2.62. The molecule has 1 rings (SSSR count). The first-order valence-corrected chi connectivity index (χ1v) is 6.15. The van der Waals surface area contributed by atoms with Gasteiger partial charge in [0.1, 0.15) is 5.75 Å². The lowest BCUT2D eigenvalue weighted by molar-refractivity contribution is 0.0600. The average molecular weight is 258 g/mol. The van der Waals surface area contributed by atoms with Crippen LogP contribution in [0.2, 0.25) is 0 Å². The molecule has 0 amide bonds. The number of allylic oxidation sites excluding steroid dienone is 1. The molecule has 1 aromatic rings. The van der Waals surface area contributed by atoms with Crippen LogP contribution in [0.4, 0.5) is 0 Å². The zero-order valence-corrected chi connectivity index (χ0v) is 11.1. The molecule has 0 fully saturated rings. The van der Waals surface area contributed by atoms with Gasteiger partial charge in [-0.15, -0.1) is 13.0 Å². The third kappa shape index (κ3) is 4.51. The van der Waals surface area contributed by atoms with Gasteiger partial charge < -0.3 is 9.47 Å². The molecule has 0 aliphatic rings. The van der Waals surface area contributed by atoms with Gasteiger partial charge in [-0.1, -0.05) is 12.0 Å². The van der Waals surface area contributed by atoms with Crippen molar-refractivity contribution in [3.8, 4) is 18.1 Å². The van der Waals surface area contributed by atoms with Gasteiger partial charge in [0.15, 0.2) is 0 Å². The number of hydrogen-bond acceptors (Lipinski definition) is 3. The van der Waals surface area contributed by atoms with Crippen LogP contribution < -0.4 is 4.74 Å². The van der Waals surface area contributed by atoms with Crippen LogP contribution in [0.25, 0.3) is 0 Å². The van der Waals surface area contributed by atoms with Gasteiger partial charge in [-0.05, 0) is 37.5 Å². The molecule has 0 bridgehead atoms. The summed E-state index contributed by atoms with van der Waals surface area (Å²) < 4.78 is 10.3. The molecule has 1 aromatic carbocycles. The first-order chi connectivity index (χ1) is 9.22. The van der Waals surface area contributed by atoms with E-state index >= 15 is 0 Å². The van der Waals surface area contributed by atoms with Crippen molar-refractivity contribution < 1.29 is 14.3 Å². The van der Waals surface area contributed by atoms with Gasteiger partial charge in [-0.3, -0.25) is 0 Å². The first-order valence-electron chi connectivity index (χ1n) is 6.15. The molecule has 0 saturated heterocycles. The Labute approximate surface area is 114 Å². The van der Waals surface area contributed by atoms with Gasteiger partial charge in [-0.25, -0.2) is 4.79 Å². The number of ether oxygens (including phenoxy) is 2. The smallest absolute Gasteiger partial charge is 0.337 e. The summed E-state index contributed by atoms with van der Waals surface area (Å²) in [5, 5.41) is 0. The Morgan fingerprint density at radius 1 is 1.47 bits per heavy atom. The summed E-state index contributed by atoms with van der Waals surface area (Å²) in [5.41, 5.74) is 1.07. The van der Waals surface area contributed by atoms with Crippen molar-refractivity contribution in [3.05, 3.63) is 42.0 Å². The molecule has 0 atom stereocenters. The lowest BCUT2D eigenvalue weighted by Crippen LogP contribution is -2.04. The number of esters is 1. The molecule has 0 aliphatic carbocycles. The molecular weight excluding hydrogens is 240 g/mol. The number of terminal acetylenes is 1. The molecule has 100 valence electrons. The predicted molar refractivity (Wildman–Crippen MR) is 75.3 cm³/mol. The molecule has 0 unspecified atom stereocenters. The fraction of sp³-hybridized carbons (Fsp3) is 0.312. The Bertz CT molecular complexity index is 483. The van der Waals surface area contributed by atoms with Crippen molar-refractivity contribution in [2.45, 2.75) is 19.3 Å². The molecular formula is C16H18O3. The number of methoxy groups -OCH3 is 1. The second-order valence-corrected chi connectivity index (χ2v) is 3.98. The van der Waals surface area contributed by atoms with Crippen molar-refractivity contribution >= 4 is 5.97 Å². The summed E-state index contributed by atoms with van der Waals surface area (Å²) in [6, 6.07) is 4.94. The van der Waals surface area contributed by atoms with Gasteiger partial charge in [0, 0.05) is 0 Å². The second kappa shape index (κ2) is 7.99. The molecule has 0 aliphatic heterocycles. The lowest BCUT2D eigenvalue weighted by Gasteiger charge is -2.09. The summed E-state index contributed by atoms with van der Waals surface area (Å²) in [4.78, 5) is 11.4. The van der Waals surface area contributed by atoms with Crippen LogP contribution >= 0.6 is 0 Å². The minimum atomic E-state index is -0.403. The van der Waals surface area contributed by atoms with E-state index in [2.05, 4.69) is 17.2 Å². The van der Waals surface area contributed by atoms with Crippen LogP contribution in [0, 0.1) is 12.3 Å². The van der Waals surface area contributed by atoms with Crippen LogP contribution in [0.5, 0.6) is 5.75 Å². The van der Waals surface area contributed by atoms with E-state index in [0.29, 0.717) is 23.5 Å². The van der Waals surface area contributed by atoms with Gasteiger partial charge in [0.05, 0.1) is 24.8 Å². The van der Waals surface area contributed by atoms with Crippen LogP contribution in [-0.4, -0.2) is 19.7 Å². The quantitative estimate of drug-likeness (QED) is 0.326. The topological polar surface area (TPSA) is 35.5 Å². The van der Waals surface area contributed by atoms with Crippen molar-refractivity contribution in [1.82, 2.24) is 0 Å². The van der Waals surface area contributed by atoms with E-state index in [1.165, 1.54) is 7.11 Å². The van der Waals surface area contributed by atoms with Crippen LogP contribution in [-0.2, 0) is 4.74 Å². The van der Waals surface area contributed by atoms with Gasteiger partial charge in [-0.2, -0.15) is 0 Å². The minimum absolute atomic E-state index is 0.403. The SMILES string of the molecule is C#Cc1ccc(C(=O)OC)cc1OCCCCC=C. The number of hydrogen-bond donors (Lipinski definition) is 0. The largest absolute Gasteiger partial charge is 0.492 e. The fourth-order valence-electron chi connectivity index (χ4n) is 1.58. The normalized spacial score (nSPS) is 9.47. The van der Waals surface area contributed by atoms with Crippen LogP contribution in [0.15, 0.2) is 30.9 Å². The molecule has 0 radical (unpaired) electrons. The Balaban J connectivity index is 2.71. The van der Waals surface area contributed by atoms with Gasteiger partial charge in [0.25, 0.3) is 0 Å². The lowest BCUT2D eigenvalue weighted by atomic mass is 10.1. The van der Waals surface area contributed by atoms with E-state index in [9.17, 15) is 4.79 Å². The molecule has 0 heterocycles. The van der Waals surface area contributed by atoms with Crippen LogP contribution in [0.1, 0.15) is 35.2 Å². The number of rotatable bonds is 7. The Morgan fingerprint density at radius 3 is 2.89 bits per heavy atom. The van der Waals surface area contributed by atoms with Crippen molar-refractivity contribution in [1.29, 1.82) is 0 Å². The zero-order chi connectivity index (χ0) is 14.1. The van der Waals surface area contributed by atoms with Crippen LogP contribution in [0.3, 0.4) is 0 Å². The van der Waals surface area contributed by atoms with E-state index in [-0.39, 0.29) is 0 Å². The Morgan fingerprint density at radius 2 is 2.26 bits per heavy atom. The molecule has 0 aromatic heterocycles. The first kappa shape index (κ1) is 14.8. The molecule has 0 saturated carbocycles. The summed E-state index contributed by atoms with van der Waals surface area (Å²) >= 11 is 0. The van der Waals surface area contributed by atoms with E-state index in [1.54, 1.807) is 18.2 Å². The van der Waals surface area contributed by atoms with E-state index < -0.39 is 5.97 Å². The maximum Gasteiger partial charge on any atom is 0.337 e. The standard InChI is InChI=1S/C16H18O3/c1-4-6-7-8-11-19-15-12-14(16(17)18-3)10-9-13(15)5-2/h2,4,9-10,12H,1,6-8,11H2,3H3. The van der Waals surface area contributed by atoms with Crippen molar-refractivity contribution in [2.24, 2.45) is 0 Å². The van der Waals surface area contributed by atoms with Crippen molar-refractivity contribution in [3.63, 3.8) is 0 Å².